The van der Waals surface area contributed by atoms with Crippen molar-refractivity contribution in [2.45, 2.75) is 19.0 Å². The highest BCUT2D eigenvalue weighted by atomic mass is 19.4. The molecule has 0 radical (unpaired) electrons. The summed E-state index contributed by atoms with van der Waals surface area (Å²) in [6.45, 7) is 0.714. The molecular weight excluding hydrogens is 329 g/mol. The Morgan fingerprint density at radius 3 is 2.64 bits per heavy atom. The fraction of sp³-hybridized carbons (Fsp3) is 0.444. The molecule has 25 heavy (non-hydrogen) atoms. The summed E-state index contributed by atoms with van der Waals surface area (Å²) in [5.41, 5.74) is 2.04. The molecule has 0 bridgehead atoms. The van der Waals surface area contributed by atoms with Crippen LogP contribution in [0.3, 0.4) is 0 Å². The average Bonchev–Trinajstić information content (AvgIpc) is 2.59. The van der Waals surface area contributed by atoms with E-state index in [0.717, 1.165) is 16.6 Å². The van der Waals surface area contributed by atoms with Crippen molar-refractivity contribution in [3.8, 4) is 6.07 Å². The third kappa shape index (κ3) is 4.40. The monoisotopic (exact) mass is 348 g/mol. The molecule has 0 amide bonds. The number of para-hydroxylation sites is 1. The number of piperidine rings is 1. The van der Waals surface area contributed by atoms with E-state index in [4.69, 9.17) is 0 Å². The van der Waals surface area contributed by atoms with Crippen LogP contribution in [0.25, 0.3) is 10.9 Å². The number of likely N-dealkylation sites (tertiary alicyclic amines) is 1. The number of halogens is 3. The molecule has 1 saturated heterocycles. The quantitative estimate of drug-likeness (QED) is 0.913. The molecule has 1 N–H and O–H groups in total. The zero-order valence-electron chi connectivity index (χ0n) is 13.7. The fourth-order valence-electron chi connectivity index (χ4n) is 3.27. The molecule has 1 fully saturated rings. The van der Waals surface area contributed by atoms with E-state index < -0.39 is 12.7 Å². The number of rotatable bonds is 4. The van der Waals surface area contributed by atoms with Crippen molar-refractivity contribution in [1.29, 1.82) is 5.26 Å². The molecule has 1 aliphatic rings. The number of aromatic nitrogens is 1. The molecular formula is C18H19F3N4. The molecule has 0 aliphatic carbocycles. The number of hydrogen-bond donors (Lipinski definition) is 1. The summed E-state index contributed by atoms with van der Waals surface area (Å²) in [6.07, 6.45) is -1.15. The van der Waals surface area contributed by atoms with E-state index in [2.05, 4.69) is 16.4 Å². The molecule has 2 heterocycles. The Hall–Kier alpha value is -2.33. The fourth-order valence-corrected chi connectivity index (χ4v) is 3.27. The maximum Gasteiger partial charge on any atom is 0.401 e. The van der Waals surface area contributed by atoms with Gasteiger partial charge in [0.15, 0.2) is 0 Å². The van der Waals surface area contributed by atoms with Gasteiger partial charge < -0.3 is 5.32 Å². The standard InChI is InChI=1S/C18H19F3N4/c19-18(20,21)12-25-7-5-13(6-8-25)10-24-17-14(9-22)11-23-16-4-2-1-3-15(16)17/h1-4,11,13H,5-8,10,12H2,(H,23,24). The highest BCUT2D eigenvalue weighted by molar-refractivity contribution is 5.93. The average molecular weight is 348 g/mol. The van der Waals surface area contributed by atoms with Crippen LogP contribution in [0, 0.1) is 17.2 Å². The van der Waals surface area contributed by atoms with E-state index in [1.165, 1.54) is 4.90 Å². The first kappa shape index (κ1) is 17.5. The summed E-state index contributed by atoms with van der Waals surface area (Å²) < 4.78 is 37.3. The van der Waals surface area contributed by atoms with Gasteiger partial charge in [-0.05, 0) is 37.9 Å². The van der Waals surface area contributed by atoms with E-state index in [1.807, 2.05) is 24.3 Å². The van der Waals surface area contributed by atoms with Crippen LogP contribution in [0.5, 0.6) is 0 Å². The van der Waals surface area contributed by atoms with Crippen LogP contribution >= 0.6 is 0 Å². The number of nitrogens with zero attached hydrogens (tertiary/aromatic N) is 3. The number of benzene rings is 1. The summed E-state index contributed by atoms with van der Waals surface area (Å²) in [7, 11) is 0. The van der Waals surface area contributed by atoms with E-state index in [0.29, 0.717) is 44.0 Å². The number of hydrogen-bond acceptors (Lipinski definition) is 4. The predicted molar refractivity (Wildman–Crippen MR) is 90.2 cm³/mol. The van der Waals surface area contributed by atoms with Gasteiger partial charge in [0, 0.05) is 18.1 Å². The van der Waals surface area contributed by atoms with Crippen LogP contribution in [0.2, 0.25) is 0 Å². The topological polar surface area (TPSA) is 52.0 Å². The van der Waals surface area contributed by atoms with Gasteiger partial charge in [-0.2, -0.15) is 18.4 Å². The molecule has 0 spiro atoms. The molecule has 1 aromatic carbocycles. The number of nitrogens with one attached hydrogen (secondary N) is 1. The summed E-state index contributed by atoms with van der Waals surface area (Å²) >= 11 is 0. The third-order valence-corrected chi connectivity index (χ3v) is 4.57. The molecule has 0 unspecified atom stereocenters. The van der Waals surface area contributed by atoms with Crippen LogP contribution in [0.15, 0.2) is 30.5 Å². The van der Waals surface area contributed by atoms with Crippen LogP contribution in [-0.2, 0) is 0 Å². The Kier molecular flexibility index (Phi) is 5.09. The van der Waals surface area contributed by atoms with Crippen molar-refractivity contribution in [2.24, 2.45) is 5.92 Å². The molecule has 0 saturated carbocycles. The summed E-state index contributed by atoms with van der Waals surface area (Å²) in [5.74, 6) is 0.294. The van der Waals surface area contributed by atoms with Crippen molar-refractivity contribution >= 4 is 16.6 Å². The van der Waals surface area contributed by atoms with Gasteiger partial charge >= 0.3 is 6.18 Å². The minimum absolute atomic E-state index is 0.294. The molecule has 132 valence electrons. The molecule has 1 aliphatic heterocycles. The zero-order chi connectivity index (χ0) is 17.9. The van der Waals surface area contributed by atoms with Gasteiger partial charge in [0.2, 0.25) is 0 Å². The normalized spacial score (nSPS) is 16.7. The molecule has 3 rings (SSSR count). The van der Waals surface area contributed by atoms with E-state index in [1.54, 1.807) is 6.20 Å². The van der Waals surface area contributed by atoms with Gasteiger partial charge in [-0.1, -0.05) is 18.2 Å². The molecule has 7 heteroatoms. The molecule has 1 aromatic heterocycles. The van der Waals surface area contributed by atoms with Crippen molar-refractivity contribution < 1.29 is 13.2 Å². The van der Waals surface area contributed by atoms with Crippen molar-refractivity contribution in [3.05, 3.63) is 36.0 Å². The van der Waals surface area contributed by atoms with Crippen molar-refractivity contribution in [2.75, 3.05) is 31.5 Å². The number of alkyl halides is 3. The first-order valence-electron chi connectivity index (χ1n) is 8.27. The van der Waals surface area contributed by atoms with Crippen molar-refractivity contribution in [1.82, 2.24) is 9.88 Å². The second-order valence-electron chi connectivity index (χ2n) is 6.39. The van der Waals surface area contributed by atoms with Crippen molar-refractivity contribution in [3.63, 3.8) is 0 Å². The third-order valence-electron chi connectivity index (χ3n) is 4.57. The summed E-state index contributed by atoms with van der Waals surface area (Å²) in [6, 6.07) is 9.74. The first-order valence-corrected chi connectivity index (χ1v) is 8.27. The van der Waals surface area contributed by atoms with Gasteiger partial charge in [0.05, 0.1) is 23.3 Å². The Bertz CT molecular complexity index is 774. The number of pyridine rings is 1. The zero-order valence-corrected chi connectivity index (χ0v) is 13.7. The smallest absolute Gasteiger partial charge is 0.383 e. The Morgan fingerprint density at radius 2 is 1.96 bits per heavy atom. The lowest BCUT2D eigenvalue weighted by atomic mass is 9.96. The maximum atomic E-state index is 12.4. The largest absolute Gasteiger partial charge is 0.401 e. The van der Waals surface area contributed by atoms with Gasteiger partial charge in [0.25, 0.3) is 0 Å². The van der Waals surface area contributed by atoms with Crippen LogP contribution in [0.1, 0.15) is 18.4 Å². The Balaban J connectivity index is 1.63. The van der Waals surface area contributed by atoms with E-state index in [9.17, 15) is 18.4 Å². The Labute approximate surface area is 144 Å². The minimum Gasteiger partial charge on any atom is -0.383 e. The van der Waals surface area contributed by atoms with Gasteiger partial charge in [-0.15, -0.1) is 0 Å². The number of fused-ring (bicyclic) bond motifs is 1. The first-order chi connectivity index (χ1) is 12.0. The molecule has 0 atom stereocenters. The lowest BCUT2D eigenvalue weighted by molar-refractivity contribution is -0.148. The number of nitriles is 1. The summed E-state index contributed by atoms with van der Waals surface area (Å²) in [5, 5.41) is 13.5. The minimum atomic E-state index is -4.14. The highest BCUT2D eigenvalue weighted by Crippen LogP contribution is 2.27. The lowest BCUT2D eigenvalue weighted by Gasteiger charge is -2.32. The molecule has 2 aromatic rings. The van der Waals surface area contributed by atoms with Gasteiger partial charge in [-0.3, -0.25) is 9.88 Å². The lowest BCUT2D eigenvalue weighted by Crippen LogP contribution is -2.41. The maximum absolute atomic E-state index is 12.4. The summed E-state index contributed by atoms with van der Waals surface area (Å²) in [4.78, 5) is 5.73. The Morgan fingerprint density at radius 1 is 1.24 bits per heavy atom. The van der Waals surface area contributed by atoms with Crippen LogP contribution in [-0.4, -0.2) is 42.2 Å². The highest BCUT2D eigenvalue weighted by Gasteiger charge is 2.32. The molecule has 4 nitrogen and oxygen atoms in total. The van der Waals surface area contributed by atoms with E-state index in [-0.39, 0.29) is 0 Å². The second kappa shape index (κ2) is 7.28. The van der Waals surface area contributed by atoms with E-state index >= 15 is 0 Å². The predicted octanol–water partition coefficient (Wildman–Crippen LogP) is 3.79. The SMILES string of the molecule is N#Cc1cnc2ccccc2c1NCC1CCN(CC(F)(F)F)CC1. The van der Waals surface area contributed by atoms with Crippen LogP contribution < -0.4 is 5.32 Å². The van der Waals surface area contributed by atoms with Gasteiger partial charge in [-0.25, -0.2) is 0 Å². The van der Waals surface area contributed by atoms with Crippen LogP contribution in [0.4, 0.5) is 18.9 Å². The number of anilines is 1. The van der Waals surface area contributed by atoms with Gasteiger partial charge in [0.1, 0.15) is 6.07 Å². The second-order valence-corrected chi connectivity index (χ2v) is 6.39.